The van der Waals surface area contributed by atoms with Gasteiger partial charge >= 0.3 is 0 Å². The van der Waals surface area contributed by atoms with Crippen molar-refractivity contribution in [2.45, 2.75) is 64.0 Å². The smallest absolute Gasteiger partial charge is 0.173 e. The van der Waals surface area contributed by atoms with Crippen LogP contribution in [0.25, 0.3) is 0 Å². The Morgan fingerprint density at radius 3 is 2.42 bits per heavy atom. The number of thiocarbonyl (C=S) groups is 1. The zero-order valence-electron chi connectivity index (χ0n) is 15.1. The number of hydrogen-bond donors (Lipinski definition) is 1. The zero-order chi connectivity index (χ0) is 16.9. The average molecular weight is 346 g/mol. The molecule has 1 saturated carbocycles. The van der Waals surface area contributed by atoms with Crippen LogP contribution in [0.15, 0.2) is 24.3 Å². The highest BCUT2D eigenvalue weighted by Crippen LogP contribution is 2.27. The standard InChI is InChI=1S/C20H31N3S/c1-3-16-8-4-7-11-19(16)21-20(24)23-14-12-18(13-15-23)22(2)17-9-5-6-10-17/h4,7-8,11,17-18H,3,5-6,9-10,12-15H2,1-2H3,(H,21,24). The van der Waals surface area contributed by atoms with Gasteiger partial charge in [-0.15, -0.1) is 0 Å². The lowest BCUT2D eigenvalue weighted by Gasteiger charge is -2.40. The summed E-state index contributed by atoms with van der Waals surface area (Å²) in [5.74, 6) is 0. The fraction of sp³-hybridized carbons (Fsp3) is 0.650. The van der Waals surface area contributed by atoms with Crippen molar-refractivity contribution in [2.24, 2.45) is 0 Å². The first-order valence-electron chi connectivity index (χ1n) is 9.54. The normalized spacial score (nSPS) is 19.9. The highest BCUT2D eigenvalue weighted by atomic mass is 32.1. The van der Waals surface area contributed by atoms with Crippen molar-refractivity contribution in [3.05, 3.63) is 29.8 Å². The molecule has 4 heteroatoms. The lowest BCUT2D eigenvalue weighted by Crippen LogP contribution is -2.49. The molecule has 0 atom stereocenters. The van der Waals surface area contributed by atoms with E-state index >= 15 is 0 Å². The number of para-hydroxylation sites is 1. The molecule has 1 aromatic rings. The van der Waals surface area contributed by atoms with Crippen LogP contribution in [0.5, 0.6) is 0 Å². The third kappa shape index (κ3) is 4.09. The Hall–Kier alpha value is -1.13. The third-order valence-corrected chi connectivity index (χ3v) is 6.23. The SMILES string of the molecule is CCc1ccccc1NC(=S)N1CCC(N(C)C2CCCC2)CC1. The lowest BCUT2D eigenvalue weighted by molar-refractivity contribution is 0.122. The van der Waals surface area contributed by atoms with E-state index in [0.717, 1.165) is 42.4 Å². The van der Waals surface area contributed by atoms with E-state index in [1.165, 1.54) is 44.1 Å². The summed E-state index contributed by atoms with van der Waals surface area (Å²) in [5, 5.41) is 4.36. The first-order chi connectivity index (χ1) is 11.7. The minimum absolute atomic E-state index is 0.732. The van der Waals surface area contributed by atoms with Crippen LogP contribution >= 0.6 is 12.2 Å². The van der Waals surface area contributed by atoms with Crippen molar-refractivity contribution in [3.8, 4) is 0 Å². The van der Waals surface area contributed by atoms with Gasteiger partial charge in [0.2, 0.25) is 0 Å². The molecule has 2 fully saturated rings. The summed E-state index contributed by atoms with van der Waals surface area (Å²) in [5.41, 5.74) is 2.49. The zero-order valence-corrected chi connectivity index (χ0v) is 15.9. The second-order valence-electron chi connectivity index (χ2n) is 7.26. The minimum atomic E-state index is 0.732. The van der Waals surface area contributed by atoms with E-state index in [1.807, 2.05) is 0 Å². The number of hydrogen-bond acceptors (Lipinski definition) is 2. The van der Waals surface area contributed by atoms with Gasteiger partial charge in [0.25, 0.3) is 0 Å². The average Bonchev–Trinajstić information content (AvgIpc) is 3.16. The van der Waals surface area contributed by atoms with Crippen molar-refractivity contribution < 1.29 is 0 Å². The van der Waals surface area contributed by atoms with E-state index in [2.05, 4.69) is 53.4 Å². The Kier molecular flexibility index (Phi) is 6.12. The first kappa shape index (κ1) is 17.7. The first-order valence-corrected chi connectivity index (χ1v) is 9.95. The van der Waals surface area contributed by atoms with Crippen LogP contribution in [0.2, 0.25) is 0 Å². The topological polar surface area (TPSA) is 18.5 Å². The van der Waals surface area contributed by atoms with Crippen LogP contribution in [0.1, 0.15) is 51.0 Å². The molecule has 0 unspecified atom stereocenters. The van der Waals surface area contributed by atoms with E-state index in [9.17, 15) is 0 Å². The molecule has 0 aromatic heterocycles. The molecular formula is C20H31N3S. The van der Waals surface area contributed by atoms with Gasteiger partial charge in [0.15, 0.2) is 5.11 Å². The van der Waals surface area contributed by atoms with Gasteiger partial charge in [0.1, 0.15) is 0 Å². The molecule has 1 aliphatic heterocycles. The van der Waals surface area contributed by atoms with Gasteiger partial charge < -0.3 is 15.1 Å². The second-order valence-corrected chi connectivity index (χ2v) is 7.65. The Morgan fingerprint density at radius 2 is 1.75 bits per heavy atom. The van der Waals surface area contributed by atoms with Crippen LogP contribution in [0.4, 0.5) is 5.69 Å². The van der Waals surface area contributed by atoms with Crippen LogP contribution in [0.3, 0.4) is 0 Å². The molecule has 1 saturated heterocycles. The number of piperidine rings is 1. The van der Waals surface area contributed by atoms with E-state index < -0.39 is 0 Å². The molecule has 0 bridgehead atoms. The highest BCUT2D eigenvalue weighted by molar-refractivity contribution is 7.80. The monoisotopic (exact) mass is 345 g/mol. The second kappa shape index (κ2) is 8.30. The maximum atomic E-state index is 5.68. The van der Waals surface area contributed by atoms with Crippen LogP contribution < -0.4 is 5.32 Å². The molecule has 3 rings (SSSR count). The van der Waals surface area contributed by atoms with Crippen LogP contribution in [-0.4, -0.2) is 47.1 Å². The molecule has 132 valence electrons. The van der Waals surface area contributed by atoms with E-state index in [4.69, 9.17) is 12.2 Å². The van der Waals surface area contributed by atoms with Gasteiger partial charge in [-0.05, 0) is 63.0 Å². The molecule has 2 aliphatic rings. The summed E-state index contributed by atoms with van der Waals surface area (Å²) >= 11 is 5.68. The summed E-state index contributed by atoms with van der Waals surface area (Å²) in [7, 11) is 2.34. The molecule has 1 aliphatic carbocycles. The quantitative estimate of drug-likeness (QED) is 0.821. The number of aryl methyl sites for hydroxylation is 1. The number of benzene rings is 1. The van der Waals surface area contributed by atoms with Crippen LogP contribution in [0, 0.1) is 0 Å². The number of rotatable bonds is 4. The molecular weight excluding hydrogens is 314 g/mol. The molecule has 1 heterocycles. The molecule has 0 spiro atoms. The summed E-state index contributed by atoms with van der Waals surface area (Å²) in [4.78, 5) is 5.01. The third-order valence-electron chi connectivity index (χ3n) is 5.87. The van der Waals surface area contributed by atoms with Crippen LogP contribution in [-0.2, 0) is 6.42 Å². The Labute approximate surface area is 152 Å². The van der Waals surface area contributed by atoms with Crippen molar-refractivity contribution in [1.29, 1.82) is 0 Å². The van der Waals surface area contributed by atoms with E-state index in [0.29, 0.717) is 0 Å². The Morgan fingerprint density at radius 1 is 1.12 bits per heavy atom. The van der Waals surface area contributed by atoms with Crippen molar-refractivity contribution >= 4 is 23.0 Å². The number of likely N-dealkylation sites (tertiary alicyclic amines) is 1. The Balaban J connectivity index is 1.51. The van der Waals surface area contributed by atoms with Crippen molar-refractivity contribution in [1.82, 2.24) is 9.80 Å². The molecule has 1 N–H and O–H groups in total. The summed E-state index contributed by atoms with van der Waals surface area (Å²) in [6.45, 7) is 4.33. The predicted molar refractivity (Wildman–Crippen MR) is 107 cm³/mol. The van der Waals surface area contributed by atoms with Gasteiger partial charge in [-0.2, -0.15) is 0 Å². The van der Waals surface area contributed by atoms with Gasteiger partial charge in [-0.25, -0.2) is 0 Å². The van der Waals surface area contributed by atoms with Gasteiger partial charge in [0.05, 0.1) is 0 Å². The molecule has 0 radical (unpaired) electrons. The largest absolute Gasteiger partial charge is 0.349 e. The highest BCUT2D eigenvalue weighted by Gasteiger charge is 2.29. The fourth-order valence-electron chi connectivity index (χ4n) is 4.23. The molecule has 24 heavy (non-hydrogen) atoms. The molecule has 0 amide bonds. The minimum Gasteiger partial charge on any atom is -0.349 e. The van der Waals surface area contributed by atoms with E-state index in [1.54, 1.807) is 0 Å². The van der Waals surface area contributed by atoms with E-state index in [-0.39, 0.29) is 0 Å². The Bertz CT molecular complexity index is 546. The summed E-state index contributed by atoms with van der Waals surface area (Å²) in [6, 6.07) is 10.0. The molecule has 1 aromatic carbocycles. The lowest BCUT2D eigenvalue weighted by atomic mass is 10.0. The number of nitrogens with one attached hydrogen (secondary N) is 1. The number of nitrogens with zero attached hydrogens (tertiary/aromatic N) is 2. The maximum absolute atomic E-state index is 5.68. The fourth-order valence-corrected chi connectivity index (χ4v) is 4.52. The van der Waals surface area contributed by atoms with Crippen molar-refractivity contribution in [2.75, 3.05) is 25.5 Å². The molecule has 3 nitrogen and oxygen atoms in total. The maximum Gasteiger partial charge on any atom is 0.173 e. The summed E-state index contributed by atoms with van der Waals surface area (Å²) < 4.78 is 0. The van der Waals surface area contributed by atoms with Gasteiger partial charge in [-0.3, -0.25) is 0 Å². The van der Waals surface area contributed by atoms with Crippen molar-refractivity contribution in [3.63, 3.8) is 0 Å². The number of anilines is 1. The van der Waals surface area contributed by atoms with Gasteiger partial charge in [0, 0.05) is 30.9 Å². The predicted octanol–water partition coefficient (Wildman–Crippen LogP) is 4.28. The summed E-state index contributed by atoms with van der Waals surface area (Å²) in [6.07, 6.45) is 9.10. The van der Waals surface area contributed by atoms with Gasteiger partial charge in [-0.1, -0.05) is 38.0 Å².